The van der Waals surface area contributed by atoms with E-state index in [1.807, 2.05) is 0 Å². The van der Waals surface area contributed by atoms with E-state index in [1.165, 1.54) is 21.8 Å². The second-order valence-corrected chi connectivity index (χ2v) is 11.6. The Morgan fingerprint density at radius 1 is 1.26 bits per heavy atom. The van der Waals surface area contributed by atoms with Gasteiger partial charge in [0.2, 0.25) is 5.88 Å². The Hall–Kier alpha value is -3.41. The number of nitrogens with one attached hydrogen (secondary N) is 1. The first-order valence-electron chi connectivity index (χ1n) is 11.6. The van der Waals surface area contributed by atoms with Crippen LogP contribution in [0.25, 0.3) is 5.69 Å². The summed E-state index contributed by atoms with van der Waals surface area (Å²) < 4.78 is 36.8. The Kier molecular flexibility index (Phi) is 5.58. The predicted octanol–water partition coefficient (Wildman–Crippen LogP) is 2.29. The monoisotopic (exact) mass is 499 g/mol. The number of ether oxygens (including phenoxy) is 1. The number of amides is 1. The molecule has 1 saturated carbocycles. The van der Waals surface area contributed by atoms with Gasteiger partial charge in [-0.3, -0.25) is 9.48 Å². The van der Waals surface area contributed by atoms with Crippen molar-refractivity contribution in [1.29, 1.82) is 0 Å². The molecule has 186 valence electrons. The third-order valence-electron chi connectivity index (χ3n) is 6.31. The number of carbonyl (C=O) groups is 1. The molecule has 0 aromatic carbocycles. The van der Waals surface area contributed by atoms with Crippen molar-refractivity contribution in [2.75, 3.05) is 11.4 Å². The molecule has 12 heteroatoms. The van der Waals surface area contributed by atoms with E-state index in [0.717, 1.165) is 19.3 Å². The van der Waals surface area contributed by atoms with Crippen molar-refractivity contribution in [3.63, 3.8) is 0 Å². The van der Waals surface area contributed by atoms with Gasteiger partial charge in [-0.25, -0.2) is 22.8 Å². The molecule has 2 fully saturated rings. The van der Waals surface area contributed by atoms with Gasteiger partial charge in [-0.2, -0.15) is 5.10 Å². The zero-order valence-electron chi connectivity index (χ0n) is 20.2. The summed E-state index contributed by atoms with van der Waals surface area (Å²) in [5.41, 5.74) is 0.269. The van der Waals surface area contributed by atoms with Gasteiger partial charge < -0.3 is 9.64 Å². The maximum absolute atomic E-state index is 13.6. The highest BCUT2D eigenvalue weighted by molar-refractivity contribution is 7.90. The number of aryl methyl sites for hydroxylation is 1. The molecule has 1 amide bonds. The minimum atomic E-state index is -4.15. The average molecular weight is 500 g/mol. The van der Waals surface area contributed by atoms with Gasteiger partial charge in [0.05, 0.1) is 11.9 Å². The van der Waals surface area contributed by atoms with Crippen LogP contribution in [0.5, 0.6) is 5.88 Å². The molecule has 0 unspecified atom stereocenters. The van der Waals surface area contributed by atoms with Crippen LogP contribution >= 0.6 is 0 Å². The molecule has 3 aromatic rings. The van der Waals surface area contributed by atoms with Crippen LogP contribution in [0.15, 0.2) is 41.8 Å². The first-order valence-corrected chi connectivity index (χ1v) is 13.1. The number of rotatable bonds is 7. The molecular weight excluding hydrogens is 470 g/mol. The quantitative estimate of drug-likeness (QED) is 0.525. The standard InChI is InChI=1S/C23H29N7O4S/c1-15-11-23(2,3)29(13-15)21-20(22(31)27-35(32,33)17-12-25-28(4)14-17)18(7-9-24-21)30-10-8-19(26-30)34-16-5-6-16/h7-10,12,14-16H,5-6,11,13H2,1-4H3,(H,27,31)/t15-/m0/s1. The van der Waals surface area contributed by atoms with Gasteiger partial charge in [0.25, 0.3) is 15.9 Å². The Labute approximate surface area is 204 Å². The third-order valence-corrected chi connectivity index (χ3v) is 7.59. The fraction of sp³-hybridized carbons (Fsp3) is 0.478. The second-order valence-electron chi connectivity index (χ2n) is 9.96. The Bertz CT molecular complexity index is 1370. The SMILES string of the molecule is C[C@@H]1CN(c2nccc(-n3ccc(OC4CC4)n3)c2C(=O)NS(=O)(=O)c2cnn(C)c2)C(C)(C)C1. The number of carbonyl (C=O) groups excluding carboxylic acids is 1. The molecule has 5 rings (SSSR count). The van der Waals surface area contributed by atoms with E-state index < -0.39 is 15.9 Å². The summed E-state index contributed by atoms with van der Waals surface area (Å²) in [5.74, 6) is 0.461. The van der Waals surface area contributed by atoms with Crippen molar-refractivity contribution in [1.82, 2.24) is 29.3 Å². The molecule has 1 aliphatic carbocycles. The number of pyridine rings is 1. The van der Waals surface area contributed by atoms with Gasteiger partial charge in [0.1, 0.15) is 22.4 Å². The van der Waals surface area contributed by atoms with Crippen LogP contribution in [-0.4, -0.2) is 57.1 Å². The number of hydrogen-bond acceptors (Lipinski definition) is 8. The largest absolute Gasteiger partial charge is 0.473 e. The summed E-state index contributed by atoms with van der Waals surface area (Å²) >= 11 is 0. The van der Waals surface area contributed by atoms with Crippen LogP contribution < -0.4 is 14.4 Å². The lowest BCUT2D eigenvalue weighted by Gasteiger charge is -2.34. The topological polar surface area (TPSA) is 124 Å². The fourth-order valence-electron chi connectivity index (χ4n) is 4.64. The average Bonchev–Trinajstić information content (AvgIpc) is 3.14. The Morgan fingerprint density at radius 3 is 2.66 bits per heavy atom. The maximum atomic E-state index is 13.6. The summed E-state index contributed by atoms with van der Waals surface area (Å²) in [6.45, 7) is 7.02. The molecule has 1 N–H and O–H groups in total. The summed E-state index contributed by atoms with van der Waals surface area (Å²) in [4.78, 5) is 20.2. The first kappa shape index (κ1) is 23.3. The first-order chi connectivity index (χ1) is 16.5. The van der Waals surface area contributed by atoms with Crippen molar-refractivity contribution in [2.45, 2.75) is 56.6 Å². The Balaban J connectivity index is 1.58. The lowest BCUT2D eigenvalue weighted by atomic mass is 9.97. The number of hydrogen-bond donors (Lipinski definition) is 1. The molecule has 11 nitrogen and oxygen atoms in total. The van der Waals surface area contributed by atoms with E-state index in [-0.39, 0.29) is 22.1 Å². The van der Waals surface area contributed by atoms with Crippen molar-refractivity contribution >= 4 is 21.7 Å². The second kappa shape index (κ2) is 8.36. The van der Waals surface area contributed by atoms with Crippen LogP contribution in [0.2, 0.25) is 0 Å². The molecule has 3 aromatic heterocycles. The molecule has 4 heterocycles. The van der Waals surface area contributed by atoms with Crippen LogP contribution in [0.4, 0.5) is 5.82 Å². The summed E-state index contributed by atoms with van der Waals surface area (Å²) in [5, 5.41) is 8.39. The lowest BCUT2D eigenvalue weighted by Crippen LogP contribution is -2.41. The molecule has 1 atom stereocenters. The van der Waals surface area contributed by atoms with Gasteiger partial charge >= 0.3 is 0 Å². The summed E-state index contributed by atoms with van der Waals surface area (Å²) in [7, 11) is -2.55. The molecule has 0 spiro atoms. The van der Waals surface area contributed by atoms with E-state index >= 15 is 0 Å². The highest BCUT2D eigenvalue weighted by atomic mass is 32.2. The predicted molar refractivity (Wildman–Crippen MR) is 128 cm³/mol. The van der Waals surface area contributed by atoms with Crippen molar-refractivity contribution in [3.8, 4) is 11.6 Å². The van der Waals surface area contributed by atoms with E-state index in [9.17, 15) is 13.2 Å². The molecule has 0 bridgehead atoms. The molecule has 1 saturated heterocycles. The molecule has 1 aliphatic heterocycles. The van der Waals surface area contributed by atoms with Gasteiger partial charge in [0, 0.05) is 43.8 Å². The number of sulfonamides is 1. The number of nitrogens with zero attached hydrogens (tertiary/aromatic N) is 6. The minimum absolute atomic E-state index is 0.102. The van der Waals surface area contributed by atoms with Gasteiger partial charge in [0.15, 0.2) is 0 Å². The van der Waals surface area contributed by atoms with Crippen LogP contribution in [0, 0.1) is 5.92 Å². The van der Waals surface area contributed by atoms with E-state index in [2.05, 4.69) is 45.6 Å². The van der Waals surface area contributed by atoms with Gasteiger partial charge in [-0.15, -0.1) is 5.10 Å². The minimum Gasteiger partial charge on any atom is -0.473 e. The summed E-state index contributed by atoms with van der Waals surface area (Å²) in [6.07, 6.45) is 8.91. The lowest BCUT2D eigenvalue weighted by molar-refractivity contribution is 0.0981. The molecular formula is C23H29N7O4S. The molecule has 0 radical (unpaired) electrons. The van der Waals surface area contributed by atoms with E-state index in [0.29, 0.717) is 29.8 Å². The molecule has 35 heavy (non-hydrogen) atoms. The third kappa shape index (κ3) is 4.62. The number of anilines is 1. The fourth-order valence-corrected chi connectivity index (χ4v) is 5.59. The van der Waals surface area contributed by atoms with E-state index in [4.69, 9.17) is 4.74 Å². The highest BCUT2D eigenvalue weighted by Crippen LogP contribution is 2.38. The maximum Gasteiger partial charge on any atom is 0.270 e. The highest BCUT2D eigenvalue weighted by Gasteiger charge is 2.40. The van der Waals surface area contributed by atoms with Crippen LogP contribution in [-0.2, 0) is 17.1 Å². The van der Waals surface area contributed by atoms with Crippen LogP contribution in [0.3, 0.4) is 0 Å². The van der Waals surface area contributed by atoms with Crippen molar-refractivity contribution < 1.29 is 17.9 Å². The zero-order chi connectivity index (χ0) is 25.0. The summed E-state index contributed by atoms with van der Waals surface area (Å²) in [6, 6.07) is 3.38. The van der Waals surface area contributed by atoms with Crippen molar-refractivity contribution in [2.24, 2.45) is 13.0 Å². The van der Waals surface area contributed by atoms with Crippen molar-refractivity contribution in [3.05, 3.63) is 42.5 Å². The van der Waals surface area contributed by atoms with Crippen LogP contribution in [0.1, 0.15) is 50.4 Å². The van der Waals surface area contributed by atoms with Gasteiger partial charge in [-0.1, -0.05) is 6.92 Å². The van der Waals surface area contributed by atoms with Gasteiger partial charge in [-0.05, 0) is 45.1 Å². The number of aromatic nitrogens is 5. The molecule has 2 aliphatic rings. The zero-order valence-corrected chi connectivity index (χ0v) is 21.0. The smallest absolute Gasteiger partial charge is 0.270 e. The van der Waals surface area contributed by atoms with E-state index in [1.54, 1.807) is 31.6 Å². The normalized spacial score (nSPS) is 19.7. The Morgan fingerprint density at radius 2 is 2.03 bits per heavy atom.